The van der Waals surface area contributed by atoms with E-state index in [9.17, 15) is 13.2 Å². The zero-order valence-electron chi connectivity index (χ0n) is 9.33. The molecule has 94 valence electrons. The second kappa shape index (κ2) is 4.73. The third-order valence-corrected chi connectivity index (χ3v) is 5.23. The third kappa shape index (κ3) is 2.66. The summed E-state index contributed by atoms with van der Waals surface area (Å²) in [7, 11) is -3.16. The van der Waals surface area contributed by atoms with E-state index in [1.807, 2.05) is 0 Å². The fourth-order valence-electron chi connectivity index (χ4n) is 1.75. The van der Waals surface area contributed by atoms with Crippen molar-refractivity contribution in [1.29, 1.82) is 0 Å². The molecule has 1 aromatic heterocycles. The molecule has 0 aromatic carbocycles. The number of furan rings is 1. The highest BCUT2D eigenvalue weighted by Crippen LogP contribution is 2.27. The normalized spacial score (nSPS) is 21.5. The van der Waals surface area contributed by atoms with Crippen LogP contribution in [0.5, 0.6) is 0 Å². The van der Waals surface area contributed by atoms with E-state index in [1.165, 1.54) is 6.26 Å². The number of anilines is 1. The van der Waals surface area contributed by atoms with E-state index in [2.05, 4.69) is 0 Å². The molecule has 1 aromatic rings. The van der Waals surface area contributed by atoms with Gasteiger partial charge in [0.25, 0.3) is 0 Å². The molecule has 5 nitrogen and oxygen atoms in total. The lowest BCUT2D eigenvalue weighted by atomic mass is 10.4. The molecule has 1 atom stereocenters. The summed E-state index contributed by atoms with van der Waals surface area (Å²) in [6, 6.07) is 3.18. The van der Waals surface area contributed by atoms with E-state index in [4.69, 9.17) is 4.42 Å². The average Bonchev–Trinajstić information content (AvgIpc) is 2.76. The van der Waals surface area contributed by atoms with Crippen LogP contribution in [0.4, 0.5) is 5.88 Å². The summed E-state index contributed by atoms with van der Waals surface area (Å²) in [5, 5.41) is -0.577. The molecule has 1 fully saturated rings. The van der Waals surface area contributed by atoms with Gasteiger partial charge in [-0.2, -0.15) is 11.8 Å². The monoisotopic (exact) mass is 275 g/mol. The Hall–Kier alpha value is -0.950. The SMILES string of the molecule is CS(=O)(=O)C1CSCCN1c1ccc(C=O)o1. The zero-order chi connectivity index (χ0) is 12.5. The number of nitrogens with zero attached hydrogens (tertiary/aromatic N) is 1. The Balaban J connectivity index is 2.30. The molecule has 7 heteroatoms. The van der Waals surface area contributed by atoms with Crippen LogP contribution in [0, 0.1) is 0 Å². The molecule has 2 rings (SSSR count). The maximum atomic E-state index is 11.7. The minimum absolute atomic E-state index is 0.213. The number of rotatable bonds is 3. The van der Waals surface area contributed by atoms with E-state index in [-0.39, 0.29) is 5.76 Å². The van der Waals surface area contributed by atoms with Crippen LogP contribution < -0.4 is 4.90 Å². The lowest BCUT2D eigenvalue weighted by Gasteiger charge is -2.33. The van der Waals surface area contributed by atoms with Crippen molar-refractivity contribution in [1.82, 2.24) is 0 Å². The molecular formula is C10H13NO4S2. The van der Waals surface area contributed by atoms with E-state index in [1.54, 1.807) is 28.8 Å². The van der Waals surface area contributed by atoms with Crippen LogP contribution >= 0.6 is 11.8 Å². The Morgan fingerprint density at radius 1 is 1.53 bits per heavy atom. The molecule has 1 aliphatic rings. The first-order valence-electron chi connectivity index (χ1n) is 5.10. The van der Waals surface area contributed by atoms with Crippen molar-refractivity contribution in [2.75, 3.05) is 29.2 Å². The van der Waals surface area contributed by atoms with E-state index in [0.717, 1.165) is 5.75 Å². The minimum atomic E-state index is -3.16. The highest BCUT2D eigenvalue weighted by molar-refractivity contribution is 8.01. The van der Waals surface area contributed by atoms with Gasteiger partial charge in [0.05, 0.1) is 0 Å². The van der Waals surface area contributed by atoms with Gasteiger partial charge in [-0.3, -0.25) is 4.79 Å². The van der Waals surface area contributed by atoms with Gasteiger partial charge in [0, 0.05) is 30.4 Å². The van der Waals surface area contributed by atoms with Crippen molar-refractivity contribution < 1.29 is 17.6 Å². The van der Waals surface area contributed by atoms with Gasteiger partial charge in [0.2, 0.25) is 0 Å². The summed E-state index contributed by atoms with van der Waals surface area (Å²) >= 11 is 1.61. The van der Waals surface area contributed by atoms with E-state index >= 15 is 0 Å². The molecule has 2 heterocycles. The summed E-state index contributed by atoms with van der Waals surface area (Å²) in [5.74, 6) is 2.03. The fraction of sp³-hybridized carbons (Fsp3) is 0.500. The summed E-state index contributed by atoms with van der Waals surface area (Å²) < 4.78 is 28.6. The standard InChI is InChI=1S/C10H13NO4S2/c1-17(13,14)10-7-16-5-4-11(10)9-3-2-8(6-12)15-9/h2-3,6,10H,4-5,7H2,1H3. The molecule has 1 saturated heterocycles. The third-order valence-electron chi connectivity index (χ3n) is 2.59. The number of sulfone groups is 1. The predicted molar refractivity (Wildman–Crippen MR) is 67.4 cm³/mol. The van der Waals surface area contributed by atoms with Gasteiger partial charge in [-0.15, -0.1) is 0 Å². The van der Waals surface area contributed by atoms with Gasteiger partial charge in [-0.05, 0) is 6.07 Å². The van der Waals surface area contributed by atoms with Crippen LogP contribution in [0.2, 0.25) is 0 Å². The number of aldehydes is 1. The van der Waals surface area contributed by atoms with Gasteiger partial charge in [0.1, 0.15) is 5.37 Å². The second-order valence-electron chi connectivity index (χ2n) is 3.85. The summed E-state index contributed by atoms with van der Waals surface area (Å²) in [6.07, 6.45) is 1.83. The first kappa shape index (κ1) is 12.5. The average molecular weight is 275 g/mol. The minimum Gasteiger partial charge on any atom is -0.438 e. The van der Waals surface area contributed by atoms with E-state index < -0.39 is 15.2 Å². The molecule has 0 N–H and O–H groups in total. The molecule has 0 amide bonds. The van der Waals surface area contributed by atoms with Crippen LogP contribution in [0.25, 0.3) is 0 Å². The molecule has 0 aliphatic carbocycles. The smallest absolute Gasteiger partial charge is 0.197 e. The molecule has 17 heavy (non-hydrogen) atoms. The van der Waals surface area contributed by atoms with Crippen molar-refractivity contribution in [3.05, 3.63) is 17.9 Å². The van der Waals surface area contributed by atoms with Crippen LogP contribution in [0.3, 0.4) is 0 Å². The van der Waals surface area contributed by atoms with Crippen molar-refractivity contribution >= 4 is 33.8 Å². The van der Waals surface area contributed by atoms with Crippen molar-refractivity contribution in [3.8, 4) is 0 Å². The van der Waals surface area contributed by atoms with Gasteiger partial charge in [-0.1, -0.05) is 0 Å². The summed E-state index contributed by atoms with van der Waals surface area (Å²) in [4.78, 5) is 12.3. The summed E-state index contributed by atoms with van der Waals surface area (Å²) in [6.45, 7) is 0.605. The molecule has 0 saturated carbocycles. The maximum Gasteiger partial charge on any atom is 0.197 e. The highest BCUT2D eigenvalue weighted by atomic mass is 32.2. The first-order chi connectivity index (χ1) is 8.02. The molecule has 1 aliphatic heterocycles. The number of thioether (sulfide) groups is 1. The van der Waals surface area contributed by atoms with Gasteiger partial charge in [0.15, 0.2) is 27.8 Å². The Morgan fingerprint density at radius 2 is 2.29 bits per heavy atom. The fourth-order valence-corrected chi connectivity index (χ4v) is 4.57. The van der Waals surface area contributed by atoms with Crippen molar-refractivity contribution in [2.45, 2.75) is 5.37 Å². The Kier molecular flexibility index (Phi) is 3.48. The molecular weight excluding hydrogens is 262 g/mol. The number of carbonyl (C=O) groups is 1. The largest absolute Gasteiger partial charge is 0.438 e. The predicted octanol–water partition coefficient (Wildman–Crippen LogP) is 1.02. The van der Waals surface area contributed by atoms with Crippen molar-refractivity contribution in [3.63, 3.8) is 0 Å². The second-order valence-corrected chi connectivity index (χ2v) is 7.20. The van der Waals surface area contributed by atoms with Gasteiger partial charge in [-0.25, -0.2) is 8.42 Å². The molecule has 0 bridgehead atoms. The van der Waals surface area contributed by atoms with Crippen LogP contribution in [0.15, 0.2) is 16.5 Å². The van der Waals surface area contributed by atoms with E-state index in [0.29, 0.717) is 24.5 Å². The highest BCUT2D eigenvalue weighted by Gasteiger charge is 2.32. The maximum absolute atomic E-state index is 11.7. The Labute approximate surface area is 104 Å². The number of carbonyl (C=O) groups excluding carboxylic acids is 1. The van der Waals surface area contributed by atoms with Gasteiger partial charge < -0.3 is 9.32 Å². The molecule has 0 spiro atoms. The zero-order valence-corrected chi connectivity index (χ0v) is 11.0. The lowest BCUT2D eigenvalue weighted by Crippen LogP contribution is -2.46. The van der Waals surface area contributed by atoms with Crippen LogP contribution in [0.1, 0.15) is 10.6 Å². The Bertz CT molecular complexity index is 508. The number of hydrogen-bond donors (Lipinski definition) is 0. The first-order valence-corrected chi connectivity index (χ1v) is 8.21. The number of hydrogen-bond acceptors (Lipinski definition) is 6. The van der Waals surface area contributed by atoms with Crippen molar-refractivity contribution in [2.24, 2.45) is 0 Å². The quantitative estimate of drug-likeness (QED) is 0.767. The van der Waals surface area contributed by atoms with Gasteiger partial charge >= 0.3 is 0 Å². The molecule has 1 unspecified atom stereocenters. The van der Waals surface area contributed by atoms with Crippen LogP contribution in [-0.2, 0) is 9.84 Å². The summed E-state index contributed by atoms with van der Waals surface area (Å²) in [5.41, 5.74) is 0. The lowest BCUT2D eigenvalue weighted by molar-refractivity contribution is 0.110. The van der Waals surface area contributed by atoms with Crippen LogP contribution in [-0.4, -0.2) is 44.4 Å². The topological polar surface area (TPSA) is 67.6 Å². The Morgan fingerprint density at radius 3 is 2.88 bits per heavy atom. The molecule has 0 radical (unpaired) electrons.